The summed E-state index contributed by atoms with van der Waals surface area (Å²) in [4.78, 5) is 24.7. The molecule has 1 aliphatic rings. The van der Waals surface area contributed by atoms with Crippen molar-refractivity contribution in [1.82, 2.24) is 20.3 Å². The Kier molecular flexibility index (Phi) is 4.87. The van der Waals surface area contributed by atoms with Crippen molar-refractivity contribution in [3.05, 3.63) is 78.5 Å². The second kappa shape index (κ2) is 7.78. The van der Waals surface area contributed by atoms with Crippen molar-refractivity contribution >= 4 is 12.0 Å². The molecule has 1 amide bonds. The van der Waals surface area contributed by atoms with E-state index >= 15 is 0 Å². The van der Waals surface area contributed by atoms with Gasteiger partial charge in [-0.15, -0.1) is 0 Å². The first kappa shape index (κ1) is 16.9. The van der Waals surface area contributed by atoms with Gasteiger partial charge in [0.05, 0.1) is 24.1 Å². The summed E-state index contributed by atoms with van der Waals surface area (Å²) >= 11 is 0. The summed E-state index contributed by atoms with van der Waals surface area (Å²) < 4.78 is 6.09. The number of nitrogens with one attached hydrogen (secondary N) is 1. The van der Waals surface area contributed by atoms with Gasteiger partial charge in [0.1, 0.15) is 11.9 Å². The number of carbonyl (C=O) groups excluding carboxylic acids is 1. The lowest BCUT2D eigenvalue weighted by molar-refractivity contribution is -0.116. The fraction of sp³-hybridized carbons (Fsp3) is 0.143. The Hall–Kier alpha value is -3.54. The minimum Gasteiger partial charge on any atom is -0.487 e. The predicted molar refractivity (Wildman–Crippen MR) is 102 cm³/mol. The molecule has 27 heavy (non-hydrogen) atoms. The Labute approximate surface area is 157 Å². The zero-order valence-electron chi connectivity index (χ0n) is 14.6. The molecular formula is C21H18N4O2. The molecule has 6 nitrogen and oxygen atoms in total. The summed E-state index contributed by atoms with van der Waals surface area (Å²) in [5, 5.41) is 2.88. The maximum atomic E-state index is 12.0. The summed E-state index contributed by atoms with van der Waals surface area (Å²) in [6.07, 6.45) is 10.5. The van der Waals surface area contributed by atoms with Crippen LogP contribution in [0.25, 0.3) is 17.3 Å². The number of ether oxygens (including phenoxy) is 1. The molecule has 0 saturated carbocycles. The highest BCUT2D eigenvalue weighted by atomic mass is 16.5. The number of fused-ring (bicyclic) bond motifs is 1. The Morgan fingerprint density at radius 3 is 2.93 bits per heavy atom. The van der Waals surface area contributed by atoms with E-state index in [0.29, 0.717) is 6.54 Å². The van der Waals surface area contributed by atoms with Gasteiger partial charge in [-0.05, 0) is 29.8 Å². The molecule has 1 aliphatic heterocycles. The van der Waals surface area contributed by atoms with Crippen LogP contribution in [0.5, 0.6) is 5.75 Å². The van der Waals surface area contributed by atoms with E-state index in [4.69, 9.17) is 4.74 Å². The maximum absolute atomic E-state index is 12.0. The molecule has 3 aromatic rings. The van der Waals surface area contributed by atoms with Gasteiger partial charge in [0.25, 0.3) is 0 Å². The first-order valence-corrected chi connectivity index (χ1v) is 8.71. The monoisotopic (exact) mass is 358 g/mol. The molecule has 0 unspecified atom stereocenters. The third kappa shape index (κ3) is 4.00. The Morgan fingerprint density at radius 1 is 1.15 bits per heavy atom. The average Bonchev–Trinajstić information content (AvgIpc) is 3.15. The summed E-state index contributed by atoms with van der Waals surface area (Å²) in [5.41, 5.74) is 3.55. The molecule has 2 aromatic heterocycles. The number of amides is 1. The maximum Gasteiger partial charge on any atom is 0.244 e. The van der Waals surface area contributed by atoms with Crippen LogP contribution in [-0.4, -0.2) is 33.5 Å². The normalized spacial score (nSPS) is 15.3. The van der Waals surface area contributed by atoms with E-state index in [1.165, 1.54) is 6.08 Å². The third-order valence-electron chi connectivity index (χ3n) is 4.27. The summed E-state index contributed by atoms with van der Waals surface area (Å²) in [7, 11) is 0. The smallest absolute Gasteiger partial charge is 0.244 e. The van der Waals surface area contributed by atoms with Crippen molar-refractivity contribution in [2.75, 3.05) is 6.54 Å². The van der Waals surface area contributed by atoms with Crippen molar-refractivity contribution in [3.63, 3.8) is 0 Å². The largest absolute Gasteiger partial charge is 0.487 e. The van der Waals surface area contributed by atoms with E-state index in [9.17, 15) is 4.79 Å². The molecule has 0 radical (unpaired) electrons. The first-order chi connectivity index (χ1) is 13.3. The minimum atomic E-state index is -0.172. The number of aromatic nitrogens is 3. The molecule has 1 N–H and O–H groups in total. The van der Waals surface area contributed by atoms with Gasteiger partial charge in [0.2, 0.25) is 5.91 Å². The lowest BCUT2D eigenvalue weighted by Crippen LogP contribution is -2.33. The van der Waals surface area contributed by atoms with Gasteiger partial charge in [-0.2, -0.15) is 0 Å². The van der Waals surface area contributed by atoms with Crippen LogP contribution in [-0.2, 0) is 11.2 Å². The Bertz CT molecular complexity index is 958. The summed E-state index contributed by atoms with van der Waals surface area (Å²) in [5.74, 6) is 0.649. The van der Waals surface area contributed by atoms with Crippen LogP contribution in [0.2, 0.25) is 0 Å². The summed E-state index contributed by atoms with van der Waals surface area (Å²) in [6, 6.07) is 11.6. The summed E-state index contributed by atoms with van der Waals surface area (Å²) in [6.45, 7) is 0.431. The molecule has 4 rings (SSSR count). The number of hydrogen-bond acceptors (Lipinski definition) is 5. The Balaban J connectivity index is 1.38. The van der Waals surface area contributed by atoms with Gasteiger partial charge >= 0.3 is 0 Å². The highest BCUT2D eigenvalue weighted by molar-refractivity contribution is 5.91. The van der Waals surface area contributed by atoms with E-state index in [1.54, 1.807) is 30.9 Å². The van der Waals surface area contributed by atoms with Gasteiger partial charge in [-0.25, -0.2) is 0 Å². The van der Waals surface area contributed by atoms with E-state index < -0.39 is 0 Å². The molecular weight excluding hydrogens is 340 g/mol. The molecule has 0 spiro atoms. The van der Waals surface area contributed by atoms with Crippen molar-refractivity contribution < 1.29 is 9.53 Å². The third-order valence-corrected chi connectivity index (χ3v) is 4.27. The first-order valence-electron chi connectivity index (χ1n) is 8.71. The second-order valence-corrected chi connectivity index (χ2v) is 6.16. The van der Waals surface area contributed by atoms with Crippen molar-refractivity contribution in [2.24, 2.45) is 0 Å². The van der Waals surface area contributed by atoms with Crippen molar-refractivity contribution in [1.29, 1.82) is 0 Å². The fourth-order valence-corrected chi connectivity index (χ4v) is 3.00. The van der Waals surface area contributed by atoms with E-state index in [1.807, 2.05) is 36.4 Å². The SMILES string of the molecule is O=C(/C=C/c1ccccn1)NC[C@H]1Cc2cccc(-c3cnccn3)c2O1. The number of para-hydroxylation sites is 1. The zero-order valence-corrected chi connectivity index (χ0v) is 14.6. The fourth-order valence-electron chi connectivity index (χ4n) is 3.00. The van der Waals surface area contributed by atoms with Crippen molar-refractivity contribution in [2.45, 2.75) is 12.5 Å². The highest BCUT2D eigenvalue weighted by Crippen LogP contribution is 2.37. The van der Waals surface area contributed by atoms with E-state index in [-0.39, 0.29) is 12.0 Å². The van der Waals surface area contributed by atoms with Gasteiger partial charge in [0, 0.05) is 36.7 Å². The molecule has 3 heterocycles. The van der Waals surface area contributed by atoms with Gasteiger partial charge in [0.15, 0.2) is 0 Å². The molecule has 1 aromatic carbocycles. The van der Waals surface area contributed by atoms with Crippen LogP contribution in [0.1, 0.15) is 11.3 Å². The topological polar surface area (TPSA) is 77.0 Å². The standard InChI is InChI=1S/C21H18N4O2/c26-20(8-7-16-5-1-2-9-23-16)25-13-17-12-15-4-3-6-18(21(15)27-17)19-14-22-10-11-24-19/h1-11,14,17H,12-13H2,(H,25,26)/b8-7+/t17-/m1/s1. The molecule has 134 valence electrons. The van der Waals surface area contributed by atoms with Gasteiger partial charge in [-0.1, -0.05) is 18.2 Å². The number of hydrogen-bond donors (Lipinski definition) is 1. The molecule has 0 fully saturated rings. The van der Waals surface area contributed by atoms with Crippen LogP contribution < -0.4 is 10.1 Å². The van der Waals surface area contributed by atoms with Crippen LogP contribution in [0.3, 0.4) is 0 Å². The van der Waals surface area contributed by atoms with Crippen LogP contribution in [0.4, 0.5) is 0 Å². The quantitative estimate of drug-likeness (QED) is 0.710. The number of nitrogens with zero attached hydrogens (tertiary/aromatic N) is 3. The predicted octanol–water partition coefficient (Wildman–Crippen LogP) is 2.67. The molecule has 0 saturated heterocycles. The van der Waals surface area contributed by atoms with Gasteiger partial charge in [-0.3, -0.25) is 19.7 Å². The molecule has 6 heteroatoms. The molecule has 0 aliphatic carbocycles. The molecule has 1 atom stereocenters. The second-order valence-electron chi connectivity index (χ2n) is 6.16. The average molecular weight is 358 g/mol. The number of pyridine rings is 1. The molecule has 0 bridgehead atoms. The lowest BCUT2D eigenvalue weighted by atomic mass is 10.0. The number of benzene rings is 1. The number of carbonyl (C=O) groups is 1. The minimum absolute atomic E-state index is 0.106. The van der Waals surface area contributed by atoms with Crippen LogP contribution >= 0.6 is 0 Å². The zero-order chi connectivity index (χ0) is 18.5. The van der Waals surface area contributed by atoms with Crippen LogP contribution in [0, 0.1) is 0 Å². The van der Waals surface area contributed by atoms with Crippen LogP contribution in [0.15, 0.2) is 67.3 Å². The number of rotatable bonds is 5. The highest BCUT2D eigenvalue weighted by Gasteiger charge is 2.26. The Morgan fingerprint density at radius 2 is 2.11 bits per heavy atom. The van der Waals surface area contributed by atoms with Gasteiger partial charge < -0.3 is 10.1 Å². The van der Waals surface area contributed by atoms with E-state index in [2.05, 4.69) is 20.3 Å². The lowest BCUT2D eigenvalue weighted by Gasteiger charge is -2.12. The van der Waals surface area contributed by atoms with E-state index in [0.717, 1.165) is 34.7 Å². The van der Waals surface area contributed by atoms with Crippen molar-refractivity contribution in [3.8, 4) is 17.0 Å².